The van der Waals surface area contributed by atoms with Gasteiger partial charge < -0.3 is 15.6 Å². The standard InChI is InChI=1S/C13H17NO4S/c1-2-18-10(15)6-7-3-4-9-8(5-7)11(13(16)17)12(14)19-9/h7H,2-6,14H2,1H3,(H,16,17). The van der Waals surface area contributed by atoms with E-state index in [1.165, 1.54) is 11.3 Å². The second-order valence-electron chi connectivity index (χ2n) is 4.67. The van der Waals surface area contributed by atoms with Crippen LogP contribution in [0.1, 0.15) is 40.6 Å². The summed E-state index contributed by atoms with van der Waals surface area (Å²) in [6, 6.07) is 0. The topological polar surface area (TPSA) is 89.6 Å². The highest BCUT2D eigenvalue weighted by Crippen LogP contribution is 2.38. The van der Waals surface area contributed by atoms with Crippen molar-refractivity contribution in [3.63, 3.8) is 0 Å². The fraction of sp³-hybridized carbons (Fsp3) is 0.538. The van der Waals surface area contributed by atoms with Gasteiger partial charge in [0.2, 0.25) is 0 Å². The van der Waals surface area contributed by atoms with Crippen LogP contribution in [0.25, 0.3) is 0 Å². The van der Waals surface area contributed by atoms with Crippen LogP contribution in [0.5, 0.6) is 0 Å². The number of carboxylic acids is 1. The molecule has 0 radical (unpaired) electrons. The number of carbonyl (C=O) groups excluding carboxylic acids is 1. The normalized spacial score (nSPS) is 17.8. The van der Waals surface area contributed by atoms with Crippen molar-refractivity contribution in [2.75, 3.05) is 12.3 Å². The first-order valence-electron chi connectivity index (χ1n) is 6.31. The maximum Gasteiger partial charge on any atom is 0.338 e. The van der Waals surface area contributed by atoms with E-state index in [2.05, 4.69) is 0 Å². The summed E-state index contributed by atoms with van der Waals surface area (Å²) in [4.78, 5) is 23.8. The van der Waals surface area contributed by atoms with Crippen molar-refractivity contribution in [2.24, 2.45) is 5.92 Å². The zero-order valence-electron chi connectivity index (χ0n) is 10.8. The third kappa shape index (κ3) is 2.89. The molecule has 1 unspecified atom stereocenters. The van der Waals surface area contributed by atoms with Crippen molar-refractivity contribution < 1.29 is 19.4 Å². The summed E-state index contributed by atoms with van der Waals surface area (Å²) in [5.41, 5.74) is 6.81. The van der Waals surface area contributed by atoms with Crippen LogP contribution in [0.4, 0.5) is 5.00 Å². The Balaban J connectivity index is 2.14. The molecule has 0 saturated carbocycles. The van der Waals surface area contributed by atoms with E-state index in [1.54, 1.807) is 6.92 Å². The highest BCUT2D eigenvalue weighted by Gasteiger charge is 2.29. The lowest BCUT2D eigenvalue weighted by Crippen LogP contribution is -2.19. The van der Waals surface area contributed by atoms with E-state index in [0.717, 1.165) is 23.3 Å². The quantitative estimate of drug-likeness (QED) is 0.826. The van der Waals surface area contributed by atoms with E-state index in [-0.39, 0.29) is 17.5 Å². The number of carbonyl (C=O) groups is 2. The maximum atomic E-state index is 11.5. The van der Waals surface area contributed by atoms with E-state index >= 15 is 0 Å². The van der Waals surface area contributed by atoms with Gasteiger partial charge in [-0.2, -0.15) is 0 Å². The number of anilines is 1. The van der Waals surface area contributed by atoms with Crippen molar-refractivity contribution in [3.8, 4) is 0 Å². The van der Waals surface area contributed by atoms with Gasteiger partial charge in [0, 0.05) is 11.3 Å². The van der Waals surface area contributed by atoms with Gasteiger partial charge in [-0.3, -0.25) is 4.79 Å². The fourth-order valence-electron chi connectivity index (χ4n) is 2.54. The monoisotopic (exact) mass is 283 g/mol. The average Bonchev–Trinajstić information content (AvgIpc) is 2.64. The summed E-state index contributed by atoms with van der Waals surface area (Å²) in [5, 5.41) is 9.57. The third-order valence-corrected chi connectivity index (χ3v) is 4.49. The lowest BCUT2D eigenvalue weighted by molar-refractivity contribution is -0.144. The van der Waals surface area contributed by atoms with Crippen LogP contribution in [0, 0.1) is 5.92 Å². The molecule has 2 rings (SSSR count). The zero-order chi connectivity index (χ0) is 14.0. The number of nitrogens with two attached hydrogens (primary N) is 1. The number of hydrogen-bond donors (Lipinski definition) is 2. The number of esters is 1. The minimum atomic E-state index is -0.980. The molecule has 5 nitrogen and oxygen atoms in total. The Morgan fingerprint density at radius 2 is 2.26 bits per heavy atom. The van der Waals surface area contributed by atoms with Crippen LogP contribution in [0.2, 0.25) is 0 Å². The first-order valence-corrected chi connectivity index (χ1v) is 7.13. The first kappa shape index (κ1) is 13.9. The molecule has 3 N–H and O–H groups in total. The first-order chi connectivity index (χ1) is 9.02. The number of rotatable bonds is 4. The minimum Gasteiger partial charge on any atom is -0.478 e. The Hall–Kier alpha value is -1.56. The van der Waals surface area contributed by atoms with E-state index in [0.29, 0.717) is 24.4 Å². The van der Waals surface area contributed by atoms with Gasteiger partial charge >= 0.3 is 11.9 Å². The Kier molecular flexibility index (Phi) is 4.09. The second-order valence-corrected chi connectivity index (χ2v) is 5.80. The highest BCUT2D eigenvalue weighted by molar-refractivity contribution is 7.16. The highest BCUT2D eigenvalue weighted by atomic mass is 32.1. The van der Waals surface area contributed by atoms with Crippen molar-refractivity contribution in [3.05, 3.63) is 16.0 Å². The van der Waals surface area contributed by atoms with Crippen molar-refractivity contribution >= 4 is 28.3 Å². The number of fused-ring (bicyclic) bond motifs is 1. The number of hydrogen-bond acceptors (Lipinski definition) is 5. The van der Waals surface area contributed by atoms with Gasteiger partial charge in [-0.15, -0.1) is 11.3 Å². The van der Waals surface area contributed by atoms with Crippen molar-refractivity contribution in [2.45, 2.75) is 32.6 Å². The molecule has 6 heteroatoms. The van der Waals surface area contributed by atoms with Gasteiger partial charge in [0.1, 0.15) is 5.00 Å². The average molecular weight is 283 g/mol. The number of aryl methyl sites for hydroxylation is 1. The van der Waals surface area contributed by atoms with Gasteiger partial charge in [-0.25, -0.2) is 4.79 Å². The Morgan fingerprint density at radius 3 is 2.89 bits per heavy atom. The van der Waals surface area contributed by atoms with Gasteiger partial charge in [-0.05, 0) is 37.7 Å². The predicted molar refractivity (Wildman–Crippen MR) is 72.5 cm³/mol. The number of nitrogen functional groups attached to an aromatic ring is 1. The number of thiophene rings is 1. The number of carboxylic acid groups (broad SMARTS) is 1. The molecule has 1 aromatic heterocycles. The molecular formula is C13H17NO4S. The molecule has 0 bridgehead atoms. The number of aromatic carboxylic acids is 1. The summed E-state index contributed by atoms with van der Waals surface area (Å²) in [5.74, 6) is -1.04. The van der Waals surface area contributed by atoms with Crippen LogP contribution < -0.4 is 5.73 Å². The fourth-order valence-corrected chi connectivity index (χ4v) is 3.65. The predicted octanol–water partition coefficient (Wildman–Crippen LogP) is 2.09. The van der Waals surface area contributed by atoms with Gasteiger partial charge in [0.05, 0.1) is 12.2 Å². The molecule has 0 spiro atoms. The van der Waals surface area contributed by atoms with Crippen LogP contribution in [-0.4, -0.2) is 23.7 Å². The third-order valence-electron chi connectivity index (χ3n) is 3.36. The summed E-state index contributed by atoms with van der Waals surface area (Å²) in [6.45, 7) is 2.15. The lowest BCUT2D eigenvalue weighted by Gasteiger charge is -2.21. The van der Waals surface area contributed by atoms with Gasteiger partial charge in [-0.1, -0.05) is 0 Å². The SMILES string of the molecule is CCOC(=O)CC1CCc2sc(N)c(C(=O)O)c2C1. The molecule has 1 aliphatic rings. The van der Waals surface area contributed by atoms with Crippen LogP contribution in [-0.2, 0) is 22.4 Å². The van der Waals surface area contributed by atoms with E-state index in [9.17, 15) is 14.7 Å². The minimum absolute atomic E-state index is 0.152. The second kappa shape index (κ2) is 5.61. The van der Waals surface area contributed by atoms with Crippen molar-refractivity contribution in [1.29, 1.82) is 0 Å². The molecule has 1 atom stereocenters. The summed E-state index contributed by atoms with van der Waals surface area (Å²) < 4.78 is 4.94. The molecule has 0 saturated heterocycles. The molecular weight excluding hydrogens is 266 g/mol. The molecule has 0 amide bonds. The molecule has 19 heavy (non-hydrogen) atoms. The Bertz CT molecular complexity index is 509. The summed E-state index contributed by atoms with van der Waals surface area (Å²) in [7, 11) is 0. The summed E-state index contributed by atoms with van der Waals surface area (Å²) >= 11 is 1.36. The van der Waals surface area contributed by atoms with Gasteiger partial charge in [0.15, 0.2) is 0 Å². The maximum absolute atomic E-state index is 11.5. The van der Waals surface area contributed by atoms with Crippen molar-refractivity contribution in [1.82, 2.24) is 0 Å². The largest absolute Gasteiger partial charge is 0.478 e. The zero-order valence-corrected chi connectivity index (χ0v) is 11.6. The molecule has 1 heterocycles. The Morgan fingerprint density at radius 1 is 1.53 bits per heavy atom. The van der Waals surface area contributed by atoms with Crippen LogP contribution >= 0.6 is 11.3 Å². The summed E-state index contributed by atoms with van der Waals surface area (Å²) in [6.07, 6.45) is 2.62. The van der Waals surface area contributed by atoms with E-state index < -0.39 is 5.97 Å². The molecule has 1 aromatic rings. The molecule has 0 aliphatic heterocycles. The smallest absolute Gasteiger partial charge is 0.338 e. The van der Waals surface area contributed by atoms with E-state index in [1.807, 2.05) is 0 Å². The molecule has 104 valence electrons. The van der Waals surface area contributed by atoms with Gasteiger partial charge in [0.25, 0.3) is 0 Å². The molecule has 1 aliphatic carbocycles. The lowest BCUT2D eigenvalue weighted by atomic mass is 9.84. The van der Waals surface area contributed by atoms with Crippen LogP contribution in [0.15, 0.2) is 0 Å². The van der Waals surface area contributed by atoms with E-state index in [4.69, 9.17) is 10.5 Å². The van der Waals surface area contributed by atoms with Crippen LogP contribution in [0.3, 0.4) is 0 Å². The number of ether oxygens (including phenoxy) is 1. The Labute approximate surface area is 115 Å². The molecule has 0 fully saturated rings. The molecule has 0 aromatic carbocycles.